The SMILES string of the molecule is CC1(c2ccc(Br)cc2)CCOC(=O)N1. The smallest absolute Gasteiger partial charge is 0.407 e. The van der Waals surface area contributed by atoms with Gasteiger partial charge in [0, 0.05) is 10.9 Å². The van der Waals surface area contributed by atoms with Crippen molar-refractivity contribution in [1.29, 1.82) is 0 Å². The molecule has 3 nitrogen and oxygen atoms in total. The molecule has 1 saturated heterocycles. The number of ether oxygens (including phenoxy) is 1. The minimum atomic E-state index is -0.341. The molecule has 0 spiro atoms. The van der Waals surface area contributed by atoms with Crippen LogP contribution in [0.2, 0.25) is 0 Å². The molecule has 1 N–H and O–H groups in total. The lowest BCUT2D eigenvalue weighted by molar-refractivity contribution is 0.0916. The summed E-state index contributed by atoms with van der Waals surface area (Å²) in [5.74, 6) is 0. The Balaban J connectivity index is 2.28. The lowest BCUT2D eigenvalue weighted by Gasteiger charge is -2.34. The van der Waals surface area contributed by atoms with Crippen LogP contribution in [0.15, 0.2) is 28.7 Å². The number of amides is 1. The van der Waals surface area contributed by atoms with Gasteiger partial charge < -0.3 is 10.1 Å². The average molecular weight is 270 g/mol. The van der Waals surface area contributed by atoms with Gasteiger partial charge in [-0.25, -0.2) is 4.79 Å². The van der Waals surface area contributed by atoms with E-state index in [0.29, 0.717) is 6.61 Å². The van der Waals surface area contributed by atoms with E-state index in [0.717, 1.165) is 16.5 Å². The Hall–Kier alpha value is -1.03. The number of carbonyl (C=O) groups excluding carboxylic acids is 1. The number of halogens is 1. The summed E-state index contributed by atoms with van der Waals surface area (Å²) in [5.41, 5.74) is 0.790. The van der Waals surface area contributed by atoms with Crippen LogP contribution in [-0.4, -0.2) is 12.7 Å². The number of alkyl carbamates (subject to hydrolysis) is 1. The fourth-order valence-corrected chi connectivity index (χ4v) is 1.97. The second kappa shape index (κ2) is 3.85. The third kappa shape index (κ3) is 2.15. The standard InChI is InChI=1S/C11H12BrNO2/c1-11(6-7-15-10(14)13-11)8-2-4-9(12)5-3-8/h2-5H,6-7H2,1H3,(H,13,14). The molecule has 0 bridgehead atoms. The van der Waals surface area contributed by atoms with Crippen LogP contribution in [0.1, 0.15) is 18.9 Å². The molecule has 1 heterocycles. The monoisotopic (exact) mass is 269 g/mol. The summed E-state index contributed by atoms with van der Waals surface area (Å²) in [6, 6.07) is 7.97. The van der Waals surface area contributed by atoms with Gasteiger partial charge in [0.1, 0.15) is 0 Å². The van der Waals surface area contributed by atoms with Crippen molar-refractivity contribution in [3.63, 3.8) is 0 Å². The molecule has 1 aromatic rings. The Morgan fingerprint density at radius 1 is 1.40 bits per heavy atom. The number of hydrogen-bond acceptors (Lipinski definition) is 2. The van der Waals surface area contributed by atoms with Crippen LogP contribution in [0.3, 0.4) is 0 Å². The number of nitrogens with one attached hydrogen (secondary N) is 1. The van der Waals surface area contributed by atoms with Crippen LogP contribution >= 0.6 is 15.9 Å². The fraction of sp³-hybridized carbons (Fsp3) is 0.364. The second-order valence-electron chi connectivity index (χ2n) is 3.85. The van der Waals surface area contributed by atoms with Crippen LogP contribution in [0.5, 0.6) is 0 Å². The van der Waals surface area contributed by atoms with Crippen molar-refractivity contribution in [3.05, 3.63) is 34.3 Å². The van der Waals surface area contributed by atoms with E-state index in [9.17, 15) is 4.79 Å². The van der Waals surface area contributed by atoms with Gasteiger partial charge in [0.15, 0.2) is 0 Å². The van der Waals surface area contributed by atoms with E-state index in [2.05, 4.69) is 21.2 Å². The number of carbonyl (C=O) groups is 1. The first-order valence-corrected chi connectivity index (χ1v) is 5.60. The van der Waals surface area contributed by atoms with Gasteiger partial charge in [0.2, 0.25) is 0 Å². The third-order valence-electron chi connectivity index (χ3n) is 2.69. The van der Waals surface area contributed by atoms with Crippen molar-refractivity contribution < 1.29 is 9.53 Å². The predicted molar refractivity (Wildman–Crippen MR) is 60.6 cm³/mol. The Morgan fingerprint density at radius 2 is 2.07 bits per heavy atom. The molecular formula is C11H12BrNO2. The van der Waals surface area contributed by atoms with Gasteiger partial charge >= 0.3 is 6.09 Å². The topological polar surface area (TPSA) is 38.3 Å². The van der Waals surface area contributed by atoms with Crippen molar-refractivity contribution in [2.75, 3.05) is 6.61 Å². The summed E-state index contributed by atoms with van der Waals surface area (Å²) in [6.45, 7) is 2.48. The van der Waals surface area contributed by atoms with Crippen LogP contribution in [0.25, 0.3) is 0 Å². The molecule has 1 atom stereocenters. The molecule has 0 aromatic heterocycles. The average Bonchev–Trinajstić information content (AvgIpc) is 2.18. The van der Waals surface area contributed by atoms with E-state index in [1.807, 2.05) is 31.2 Å². The molecule has 1 amide bonds. The van der Waals surface area contributed by atoms with Gasteiger partial charge in [-0.15, -0.1) is 0 Å². The highest BCUT2D eigenvalue weighted by Gasteiger charge is 2.32. The number of rotatable bonds is 1. The van der Waals surface area contributed by atoms with E-state index in [-0.39, 0.29) is 11.6 Å². The van der Waals surface area contributed by atoms with Crippen molar-refractivity contribution in [3.8, 4) is 0 Å². The molecule has 1 fully saturated rings. The summed E-state index contributed by atoms with van der Waals surface area (Å²) in [5, 5.41) is 2.85. The Bertz CT molecular complexity index is 377. The Morgan fingerprint density at radius 3 is 2.67 bits per heavy atom. The van der Waals surface area contributed by atoms with Crippen LogP contribution in [0.4, 0.5) is 4.79 Å². The Kier molecular flexibility index (Phi) is 2.69. The molecule has 0 radical (unpaired) electrons. The van der Waals surface area contributed by atoms with Gasteiger partial charge in [-0.3, -0.25) is 0 Å². The second-order valence-corrected chi connectivity index (χ2v) is 4.77. The first kappa shape index (κ1) is 10.5. The van der Waals surface area contributed by atoms with Crippen LogP contribution in [-0.2, 0) is 10.3 Å². The lowest BCUT2D eigenvalue weighted by Crippen LogP contribution is -2.48. The lowest BCUT2D eigenvalue weighted by atomic mass is 9.88. The number of benzene rings is 1. The summed E-state index contributed by atoms with van der Waals surface area (Å²) in [6.07, 6.45) is 0.451. The van der Waals surface area contributed by atoms with Crippen molar-refractivity contribution in [2.45, 2.75) is 18.9 Å². The molecule has 4 heteroatoms. The van der Waals surface area contributed by atoms with E-state index < -0.39 is 0 Å². The van der Waals surface area contributed by atoms with Gasteiger partial charge in [-0.2, -0.15) is 0 Å². The maximum atomic E-state index is 11.2. The van der Waals surface area contributed by atoms with Crippen LogP contribution in [0, 0.1) is 0 Å². The minimum absolute atomic E-state index is 0.309. The maximum Gasteiger partial charge on any atom is 0.407 e. The predicted octanol–water partition coefficient (Wildman–Crippen LogP) is 2.79. The quantitative estimate of drug-likeness (QED) is 0.852. The molecule has 1 unspecified atom stereocenters. The molecule has 0 aliphatic carbocycles. The zero-order valence-electron chi connectivity index (χ0n) is 8.42. The summed E-state index contributed by atoms with van der Waals surface area (Å²) in [4.78, 5) is 11.2. The number of cyclic esters (lactones) is 1. The largest absolute Gasteiger partial charge is 0.449 e. The molecule has 1 aliphatic rings. The van der Waals surface area contributed by atoms with Gasteiger partial charge in [0.25, 0.3) is 0 Å². The normalized spacial score (nSPS) is 25.6. The molecule has 1 aliphatic heterocycles. The molecular weight excluding hydrogens is 258 g/mol. The van der Waals surface area contributed by atoms with Gasteiger partial charge in [-0.1, -0.05) is 28.1 Å². The highest BCUT2D eigenvalue weighted by Crippen LogP contribution is 2.28. The molecule has 2 rings (SSSR count). The Labute approximate surface area is 96.9 Å². The van der Waals surface area contributed by atoms with Crippen molar-refractivity contribution >= 4 is 22.0 Å². The number of hydrogen-bond donors (Lipinski definition) is 1. The highest BCUT2D eigenvalue weighted by atomic mass is 79.9. The minimum Gasteiger partial charge on any atom is -0.449 e. The maximum absolute atomic E-state index is 11.2. The molecule has 80 valence electrons. The van der Waals surface area contributed by atoms with Crippen LogP contribution < -0.4 is 5.32 Å². The summed E-state index contributed by atoms with van der Waals surface area (Å²) in [7, 11) is 0. The first-order valence-electron chi connectivity index (χ1n) is 4.81. The summed E-state index contributed by atoms with van der Waals surface area (Å²) < 4.78 is 5.89. The van der Waals surface area contributed by atoms with E-state index in [1.54, 1.807) is 0 Å². The highest BCUT2D eigenvalue weighted by molar-refractivity contribution is 9.10. The first-order chi connectivity index (χ1) is 7.10. The molecule has 15 heavy (non-hydrogen) atoms. The fourth-order valence-electron chi connectivity index (χ4n) is 1.71. The van der Waals surface area contributed by atoms with Crippen molar-refractivity contribution in [2.24, 2.45) is 0 Å². The molecule has 0 saturated carbocycles. The van der Waals surface area contributed by atoms with Gasteiger partial charge in [-0.05, 0) is 24.6 Å². The van der Waals surface area contributed by atoms with E-state index in [4.69, 9.17) is 4.74 Å². The van der Waals surface area contributed by atoms with Crippen molar-refractivity contribution in [1.82, 2.24) is 5.32 Å². The summed E-state index contributed by atoms with van der Waals surface area (Å²) >= 11 is 3.39. The molecule has 1 aromatic carbocycles. The zero-order chi connectivity index (χ0) is 10.9. The van der Waals surface area contributed by atoms with E-state index >= 15 is 0 Å². The van der Waals surface area contributed by atoms with Gasteiger partial charge in [0.05, 0.1) is 12.1 Å². The zero-order valence-corrected chi connectivity index (χ0v) is 10.0. The third-order valence-corrected chi connectivity index (χ3v) is 3.22. The van der Waals surface area contributed by atoms with E-state index in [1.165, 1.54) is 0 Å².